The Labute approximate surface area is 149 Å². The summed E-state index contributed by atoms with van der Waals surface area (Å²) in [7, 11) is 1.75. The van der Waals surface area contributed by atoms with Crippen LogP contribution in [0.3, 0.4) is 0 Å². The Balaban J connectivity index is 2.35. The van der Waals surface area contributed by atoms with Crippen molar-refractivity contribution in [2.75, 3.05) is 7.05 Å². The second kappa shape index (κ2) is 7.35. The topological polar surface area (TPSA) is 12.0 Å². The lowest BCUT2D eigenvalue weighted by atomic mass is 9.98. The molecule has 0 saturated carbocycles. The molecular weight excluding hydrogens is 474 g/mol. The predicted molar refractivity (Wildman–Crippen MR) is 93.7 cm³/mol. The minimum Gasteiger partial charge on any atom is -0.313 e. The fourth-order valence-corrected chi connectivity index (χ4v) is 2.97. The Morgan fingerprint density at radius 3 is 2.62 bits per heavy atom. The number of benzene rings is 2. The molecule has 0 bridgehead atoms. The molecule has 0 heterocycles. The van der Waals surface area contributed by atoms with Crippen molar-refractivity contribution in [3.8, 4) is 0 Å². The van der Waals surface area contributed by atoms with Gasteiger partial charge in [0.05, 0.1) is 9.50 Å². The van der Waals surface area contributed by atoms with Crippen LogP contribution in [0.1, 0.15) is 17.2 Å². The lowest BCUT2D eigenvalue weighted by Gasteiger charge is -2.18. The summed E-state index contributed by atoms with van der Waals surface area (Å²) in [6, 6.07) is 8.01. The molecule has 112 valence electrons. The van der Waals surface area contributed by atoms with E-state index in [4.69, 9.17) is 11.6 Å². The maximum atomic E-state index is 14.1. The molecule has 1 unspecified atom stereocenters. The Kier molecular flexibility index (Phi) is 5.99. The molecule has 0 fully saturated rings. The number of hydrogen-bond acceptors (Lipinski definition) is 1. The van der Waals surface area contributed by atoms with Gasteiger partial charge in [0, 0.05) is 15.2 Å². The fraction of sp³-hybridized carbons (Fsp3) is 0.200. The van der Waals surface area contributed by atoms with E-state index < -0.39 is 11.6 Å². The van der Waals surface area contributed by atoms with Gasteiger partial charge in [0.1, 0.15) is 11.6 Å². The summed E-state index contributed by atoms with van der Waals surface area (Å²) in [5.74, 6) is -1.11. The van der Waals surface area contributed by atoms with Crippen LogP contribution >= 0.6 is 50.1 Å². The van der Waals surface area contributed by atoms with E-state index >= 15 is 0 Å². The minimum atomic E-state index is -0.563. The third-order valence-corrected chi connectivity index (χ3v) is 5.43. The molecule has 1 atom stereocenters. The Morgan fingerprint density at radius 1 is 1.29 bits per heavy atom. The molecule has 0 aliphatic carbocycles. The average molecular weight is 487 g/mol. The zero-order valence-electron chi connectivity index (χ0n) is 11.1. The number of nitrogens with one attached hydrogen (secondary N) is 1. The van der Waals surface area contributed by atoms with Crippen LogP contribution in [0.4, 0.5) is 8.78 Å². The third-order valence-electron chi connectivity index (χ3n) is 3.24. The van der Waals surface area contributed by atoms with Crippen LogP contribution in [0.15, 0.2) is 34.8 Å². The molecule has 0 spiro atoms. The monoisotopic (exact) mass is 485 g/mol. The molecule has 2 rings (SSSR count). The summed E-state index contributed by atoms with van der Waals surface area (Å²) in [4.78, 5) is 0. The Hall–Kier alpha value is -0.240. The molecule has 21 heavy (non-hydrogen) atoms. The molecule has 0 aliphatic heterocycles. The van der Waals surface area contributed by atoms with Crippen LogP contribution in [0.2, 0.25) is 5.02 Å². The van der Waals surface area contributed by atoms with Gasteiger partial charge in [-0.2, -0.15) is 0 Å². The van der Waals surface area contributed by atoms with E-state index in [9.17, 15) is 8.78 Å². The largest absolute Gasteiger partial charge is 0.313 e. The van der Waals surface area contributed by atoms with Crippen molar-refractivity contribution in [3.05, 3.63) is 66.2 Å². The second-order valence-corrected chi connectivity index (χ2v) is 6.96. The van der Waals surface area contributed by atoms with Gasteiger partial charge in [-0.15, -0.1) is 0 Å². The molecule has 0 aromatic heterocycles. The first-order valence-electron chi connectivity index (χ1n) is 6.18. The first-order chi connectivity index (χ1) is 9.93. The van der Waals surface area contributed by atoms with Crippen LogP contribution in [-0.2, 0) is 6.42 Å². The summed E-state index contributed by atoms with van der Waals surface area (Å²) in [6.07, 6.45) is 0.199. The van der Waals surface area contributed by atoms with E-state index in [2.05, 4.69) is 43.8 Å². The number of rotatable bonds is 4. The average Bonchev–Trinajstić information content (AvgIpc) is 2.47. The van der Waals surface area contributed by atoms with Crippen molar-refractivity contribution in [3.63, 3.8) is 0 Å². The molecular formula is C15H12BrClF2IN. The van der Waals surface area contributed by atoms with Gasteiger partial charge in [0.2, 0.25) is 0 Å². The number of likely N-dealkylation sites (N-methyl/N-ethyl adjacent to an activating group) is 1. The molecule has 0 amide bonds. The van der Waals surface area contributed by atoms with Crippen LogP contribution in [0.25, 0.3) is 0 Å². The molecule has 2 aromatic carbocycles. The van der Waals surface area contributed by atoms with Gasteiger partial charge in [0.15, 0.2) is 0 Å². The molecule has 2 aromatic rings. The third kappa shape index (κ3) is 3.94. The molecule has 0 aliphatic rings. The van der Waals surface area contributed by atoms with Gasteiger partial charge in [-0.3, -0.25) is 0 Å². The Morgan fingerprint density at radius 2 is 2.00 bits per heavy atom. The summed E-state index contributed by atoms with van der Waals surface area (Å²) < 4.78 is 29.1. The van der Waals surface area contributed by atoms with Crippen molar-refractivity contribution in [1.29, 1.82) is 0 Å². The van der Waals surface area contributed by atoms with E-state index in [0.717, 1.165) is 9.13 Å². The lowest BCUT2D eigenvalue weighted by Crippen LogP contribution is -2.20. The SMILES string of the molecule is CNC(Cc1c(F)ccc(Br)c1F)c1ccc(I)c(Cl)c1. The maximum Gasteiger partial charge on any atom is 0.143 e. The van der Waals surface area contributed by atoms with E-state index in [1.54, 1.807) is 7.05 Å². The number of halogens is 5. The summed E-state index contributed by atoms with van der Waals surface area (Å²) in [5.41, 5.74) is 0.945. The zero-order valence-corrected chi connectivity index (χ0v) is 15.6. The predicted octanol–water partition coefficient (Wildman–Crippen LogP) is 5.49. The van der Waals surface area contributed by atoms with Crippen LogP contribution in [-0.4, -0.2) is 7.05 Å². The quantitative estimate of drug-likeness (QED) is 0.445. The molecule has 1 nitrogen and oxygen atoms in total. The lowest BCUT2D eigenvalue weighted by molar-refractivity contribution is 0.512. The normalized spacial score (nSPS) is 12.5. The summed E-state index contributed by atoms with van der Waals surface area (Å²) in [5, 5.41) is 3.71. The van der Waals surface area contributed by atoms with Gasteiger partial charge < -0.3 is 5.32 Å². The minimum absolute atomic E-state index is 0.0541. The van der Waals surface area contributed by atoms with E-state index in [1.165, 1.54) is 12.1 Å². The standard InChI is InChI=1S/C15H12BrClF2IN/c1-21-14(8-2-5-13(20)11(17)6-8)7-9-12(18)4-3-10(16)15(9)19/h2-6,14,21H,7H2,1H3. The van der Waals surface area contributed by atoms with E-state index in [0.29, 0.717) is 5.02 Å². The molecule has 1 N–H and O–H groups in total. The van der Waals surface area contributed by atoms with Crippen molar-refractivity contribution in [1.82, 2.24) is 5.32 Å². The smallest absolute Gasteiger partial charge is 0.143 e. The van der Waals surface area contributed by atoms with Crippen molar-refractivity contribution < 1.29 is 8.78 Å². The van der Waals surface area contributed by atoms with Gasteiger partial charge in [-0.05, 0) is 81.8 Å². The van der Waals surface area contributed by atoms with Gasteiger partial charge in [0.25, 0.3) is 0 Å². The highest BCUT2D eigenvalue weighted by Crippen LogP contribution is 2.28. The first-order valence-corrected chi connectivity index (χ1v) is 8.43. The second-order valence-electron chi connectivity index (χ2n) is 4.54. The summed E-state index contributed by atoms with van der Waals surface area (Å²) >= 11 is 11.3. The fourth-order valence-electron chi connectivity index (χ4n) is 2.08. The Bertz CT molecular complexity index is 666. The highest BCUT2D eigenvalue weighted by atomic mass is 127. The number of hydrogen-bond donors (Lipinski definition) is 1. The van der Waals surface area contributed by atoms with Crippen molar-refractivity contribution >= 4 is 50.1 Å². The molecule has 6 heteroatoms. The van der Waals surface area contributed by atoms with Crippen molar-refractivity contribution in [2.24, 2.45) is 0 Å². The molecule has 0 saturated heterocycles. The highest BCUT2D eigenvalue weighted by Gasteiger charge is 2.18. The van der Waals surface area contributed by atoms with E-state index in [1.807, 2.05) is 18.2 Å². The van der Waals surface area contributed by atoms with Crippen LogP contribution < -0.4 is 5.32 Å². The highest BCUT2D eigenvalue weighted by molar-refractivity contribution is 14.1. The maximum absolute atomic E-state index is 14.1. The van der Waals surface area contributed by atoms with Gasteiger partial charge in [-0.1, -0.05) is 17.7 Å². The molecule has 0 radical (unpaired) electrons. The first kappa shape index (κ1) is 17.1. The van der Waals surface area contributed by atoms with Gasteiger partial charge in [-0.25, -0.2) is 8.78 Å². The van der Waals surface area contributed by atoms with E-state index in [-0.39, 0.29) is 22.5 Å². The van der Waals surface area contributed by atoms with Gasteiger partial charge >= 0.3 is 0 Å². The van der Waals surface area contributed by atoms with Crippen LogP contribution in [0.5, 0.6) is 0 Å². The zero-order chi connectivity index (χ0) is 15.6. The van der Waals surface area contributed by atoms with Crippen molar-refractivity contribution in [2.45, 2.75) is 12.5 Å². The van der Waals surface area contributed by atoms with Crippen LogP contribution in [0, 0.1) is 15.2 Å². The summed E-state index contributed by atoms with van der Waals surface area (Å²) in [6.45, 7) is 0.